The summed E-state index contributed by atoms with van der Waals surface area (Å²) in [6.07, 6.45) is 5.48. The zero-order valence-corrected chi connectivity index (χ0v) is 17.8. The summed E-state index contributed by atoms with van der Waals surface area (Å²) in [5.41, 5.74) is 0.616. The van der Waals surface area contributed by atoms with Crippen molar-refractivity contribution >= 4 is 18.3 Å². The molecule has 2 aromatic carbocycles. The summed E-state index contributed by atoms with van der Waals surface area (Å²) in [5, 5.41) is 0. The highest BCUT2D eigenvalue weighted by Crippen LogP contribution is 2.64. The molecular formula is C22H30NOPS. The summed E-state index contributed by atoms with van der Waals surface area (Å²) in [6, 6.07) is 22.9. The number of nitrogens with zero attached hydrogens (tertiary/aromatic N) is 1. The summed E-state index contributed by atoms with van der Waals surface area (Å²) < 4.78 is 9.45. The van der Waals surface area contributed by atoms with Crippen LogP contribution in [0.4, 0.5) is 0 Å². The van der Waals surface area contributed by atoms with E-state index in [1.807, 2.05) is 0 Å². The molecule has 4 rings (SSSR count). The van der Waals surface area contributed by atoms with Gasteiger partial charge in [-0.05, 0) is 53.2 Å². The fourth-order valence-electron chi connectivity index (χ4n) is 4.33. The quantitative estimate of drug-likeness (QED) is 0.573. The van der Waals surface area contributed by atoms with Gasteiger partial charge in [0.2, 0.25) is 0 Å². The van der Waals surface area contributed by atoms with Crippen LogP contribution in [0.2, 0.25) is 0 Å². The van der Waals surface area contributed by atoms with Gasteiger partial charge in [-0.2, -0.15) is 10.0 Å². The summed E-state index contributed by atoms with van der Waals surface area (Å²) in [6.45, 7) is 5.88. The molecule has 0 amide bonds. The molecule has 2 heterocycles. The van der Waals surface area contributed by atoms with Gasteiger partial charge in [0.1, 0.15) is 8.30 Å². The Balaban J connectivity index is 1.68. The second-order valence-electron chi connectivity index (χ2n) is 7.79. The Bertz CT molecular complexity index is 684. The Kier molecular flexibility index (Phi) is 5.43. The number of hydrogen-bond donors (Lipinski definition) is 0. The van der Waals surface area contributed by atoms with Crippen LogP contribution in [0.5, 0.6) is 0 Å². The van der Waals surface area contributed by atoms with Crippen molar-refractivity contribution in [2.24, 2.45) is 0 Å². The maximum absolute atomic E-state index is 6.74. The van der Waals surface area contributed by atoms with E-state index >= 15 is 0 Å². The smallest absolute Gasteiger partial charge is 0.107 e. The molecule has 0 bridgehead atoms. The molecule has 2 nitrogen and oxygen atoms in total. The molecule has 0 spiro atoms. The van der Waals surface area contributed by atoms with Crippen LogP contribution < -0.4 is 0 Å². The lowest BCUT2D eigenvalue weighted by Crippen LogP contribution is -2.32. The highest BCUT2D eigenvalue weighted by atomic mass is 32.3. The lowest BCUT2D eigenvalue weighted by Gasteiger charge is -2.39. The first-order valence-corrected chi connectivity index (χ1v) is 13.2. The van der Waals surface area contributed by atoms with Crippen molar-refractivity contribution in [2.75, 3.05) is 18.6 Å². The van der Waals surface area contributed by atoms with Gasteiger partial charge in [-0.25, -0.2) is 0 Å². The van der Waals surface area contributed by atoms with E-state index in [1.54, 1.807) is 0 Å². The first kappa shape index (κ1) is 18.5. The molecule has 0 radical (unpaired) electrons. The molecule has 2 aromatic rings. The van der Waals surface area contributed by atoms with Crippen LogP contribution in [-0.2, 0) is 4.52 Å². The van der Waals surface area contributed by atoms with Crippen molar-refractivity contribution in [1.82, 2.24) is 4.67 Å². The molecule has 0 aliphatic carbocycles. The molecule has 2 saturated heterocycles. The number of hydrogen-bond acceptors (Lipinski definition) is 2. The normalized spacial score (nSPS) is 27.0. The van der Waals surface area contributed by atoms with E-state index in [0.29, 0.717) is 17.8 Å². The van der Waals surface area contributed by atoms with Crippen molar-refractivity contribution in [1.29, 1.82) is 0 Å². The van der Waals surface area contributed by atoms with E-state index in [4.69, 9.17) is 4.52 Å². The fourth-order valence-corrected chi connectivity index (χ4v) is 9.89. The molecular weight excluding hydrogens is 357 g/mol. The Morgan fingerprint density at radius 1 is 1.04 bits per heavy atom. The molecule has 2 aliphatic rings. The Hall–Kier alpha value is -0.860. The zero-order valence-electron chi connectivity index (χ0n) is 16.0. The van der Waals surface area contributed by atoms with Gasteiger partial charge < -0.3 is 4.52 Å². The Labute approximate surface area is 161 Å². The van der Waals surface area contributed by atoms with Crippen molar-refractivity contribution in [3.05, 3.63) is 60.7 Å². The van der Waals surface area contributed by atoms with Crippen molar-refractivity contribution < 1.29 is 4.52 Å². The Morgan fingerprint density at radius 2 is 1.62 bits per heavy atom. The molecule has 0 saturated carbocycles. The molecule has 3 atom stereocenters. The minimum Gasteiger partial charge on any atom is -0.338 e. The van der Waals surface area contributed by atoms with Gasteiger partial charge in [0.15, 0.2) is 0 Å². The molecule has 2 aliphatic heterocycles. The molecule has 0 aromatic heterocycles. The third-order valence-electron chi connectivity index (χ3n) is 5.66. The topological polar surface area (TPSA) is 12.5 Å². The van der Waals surface area contributed by atoms with Gasteiger partial charge in [-0.3, -0.25) is 4.67 Å². The third-order valence-corrected chi connectivity index (χ3v) is 11.7. The first-order valence-electron chi connectivity index (χ1n) is 9.68. The average Bonchev–Trinajstić information content (AvgIpc) is 3.27. The van der Waals surface area contributed by atoms with Crippen molar-refractivity contribution in [2.45, 2.75) is 54.3 Å². The second kappa shape index (κ2) is 7.64. The molecule has 26 heavy (non-hydrogen) atoms. The average molecular weight is 388 g/mol. The maximum atomic E-state index is 6.74. The number of fused-ring (bicyclic) bond motifs is 1. The van der Waals surface area contributed by atoms with E-state index in [0.717, 1.165) is 5.75 Å². The SMILES string of the molecule is CC(C)P1O[C@H](CS(C)(c2ccccc2)c2ccccc2)[C@@H]2CCCN21. The number of benzene rings is 2. The summed E-state index contributed by atoms with van der Waals surface area (Å²) in [7, 11) is -1.54. The van der Waals surface area contributed by atoms with E-state index < -0.39 is 18.3 Å². The van der Waals surface area contributed by atoms with Gasteiger partial charge in [0.05, 0.1) is 6.10 Å². The highest BCUT2D eigenvalue weighted by molar-refractivity contribution is 8.33. The zero-order chi connectivity index (χ0) is 18.1. The molecule has 2 fully saturated rings. The third kappa shape index (κ3) is 3.36. The van der Waals surface area contributed by atoms with Gasteiger partial charge in [0.25, 0.3) is 0 Å². The maximum Gasteiger partial charge on any atom is 0.107 e. The standard InChI is InChI=1S/C22H30NOPS/c1-18(2)25-23-16-10-15-21(23)22(24-25)17-26(3,19-11-6-4-7-12-19)20-13-8-5-9-14-20/h4-9,11-14,18,21-22H,10,15-17H2,1-3H3/t21-,22+,25?/m0/s1. The summed E-state index contributed by atoms with van der Waals surface area (Å²) in [5.74, 6) is 1.13. The van der Waals surface area contributed by atoms with E-state index in [-0.39, 0.29) is 0 Å². The van der Waals surface area contributed by atoms with E-state index in [2.05, 4.69) is 85.4 Å². The van der Waals surface area contributed by atoms with Crippen LogP contribution >= 0.6 is 18.3 Å². The largest absolute Gasteiger partial charge is 0.338 e. The minimum atomic E-state index is -1.11. The van der Waals surface area contributed by atoms with Crippen LogP contribution in [0.25, 0.3) is 0 Å². The minimum absolute atomic E-state index is 0.367. The van der Waals surface area contributed by atoms with Crippen LogP contribution in [0.3, 0.4) is 0 Å². The van der Waals surface area contributed by atoms with Crippen molar-refractivity contribution in [3.8, 4) is 0 Å². The monoisotopic (exact) mass is 387 g/mol. The lowest BCUT2D eigenvalue weighted by atomic mass is 10.1. The van der Waals surface area contributed by atoms with Crippen LogP contribution in [0.1, 0.15) is 26.7 Å². The van der Waals surface area contributed by atoms with Gasteiger partial charge in [-0.1, -0.05) is 50.2 Å². The van der Waals surface area contributed by atoms with Crippen molar-refractivity contribution in [3.63, 3.8) is 0 Å². The fraction of sp³-hybridized carbons (Fsp3) is 0.455. The lowest BCUT2D eigenvalue weighted by molar-refractivity contribution is 0.234. The molecule has 140 valence electrons. The van der Waals surface area contributed by atoms with E-state index in [9.17, 15) is 0 Å². The van der Waals surface area contributed by atoms with Gasteiger partial charge in [0, 0.05) is 24.0 Å². The molecule has 0 N–H and O–H groups in total. The van der Waals surface area contributed by atoms with Crippen LogP contribution in [0.15, 0.2) is 70.5 Å². The molecule has 4 heteroatoms. The Morgan fingerprint density at radius 3 is 2.15 bits per heavy atom. The number of rotatable bonds is 5. The first-order chi connectivity index (χ1) is 12.6. The summed E-state index contributed by atoms with van der Waals surface area (Å²) in [4.78, 5) is 2.94. The second-order valence-corrected chi connectivity index (χ2v) is 13.6. The highest BCUT2D eigenvalue weighted by Gasteiger charge is 2.47. The van der Waals surface area contributed by atoms with Gasteiger partial charge in [-0.15, -0.1) is 0 Å². The molecule has 1 unspecified atom stereocenters. The predicted octanol–water partition coefficient (Wildman–Crippen LogP) is 6.12. The van der Waals surface area contributed by atoms with E-state index in [1.165, 1.54) is 29.2 Å². The predicted molar refractivity (Wildman–Crippen MR) is 114 cm³/mol. The van der Waals surface area contributed by atoms with Crippen LogP contribution in [-0.4, -0.2) is 41.0 Å². The van der Waals surface area contributed by atoms with Gasteiger partial charge >= 0.3 is 0 Å². The summed E-state index contributed by atoms with van der Waals surface area (Å²) >= 11 is 0. The van der Waals surface area contributed by atoms with Crippen LogP contribution in [0, 0.1) is 0 Å².